The zero-order valence-corrected chi connectivity index (χ0v) is 19.1. The topological polar surface area (TPSA) is 57.0 Å². The van der Waals surface area contributed by atoms with Crippen LogP contribution < -0.4 is 0 Å². The number of fused-ring (bicyclic) bond motifs is 1. The summed E-state index contributed by atoms with van der Waals surface area (Å²) in [7, 11) is 0. The Kier molecular flexibility index (Phi) is 6.30. The van der Waals surface area contributed by atoms with Crippen molar-refractivity contribution in [3.8, 4) is 16.8 Å². The molecule has 31 heavy (non-hydrogen) atoms. The number of hydrogen-bond acceptors (Lipinski definition) is 5. The summed E-state index contributed by atoms with van der Waals surface area (Å²) in [5, 5.41) is 1.94. The summed E-state index contributed by atoms with van der Waals surface area (Å²) < 4.78 is 7.20. The number of ether oxygens (including phenoxy) is 1. The Morgan fingerprint density at radius 1 is 1.19 bits per heavy atom. The average Bonchev–Trinajstić information content (AvgIpc) is 3.17. The molecule has 0 fully saturated rings. The maximum absolute atomic E-state index is 12.2. The number of thioether (sulfide) groups is 1. The predicted molar refractivity (Wildman–Crippen MR) is 126 cm³/mol. The maximum atomic E-state index is 12.2. The van der Waals surface area contributed by atoms with Crippen LogP contribution in [0.25, 0.3) is 27.8 Å². The molecule has 2 aromatic heterocycles. The maximum Gasteiger partial charge on any atom is 0.319 e. The predicted octanol–water partition coefficient (Wildman–Crippen LogP) is 6.09. The van der Waals surface area contributed by atoms with Crippen molar-refractivity contribution in [3.63, 3.8) is 0 Å². The van der Waals surface area contributed by atoms with Gasteiger partial charge >= 0.3 is 5.97 Å². The van der Waals surface area contributed by atoms with E-state index in [-0.39, 0.29) is 11.2 Å². The van der Waals surface area contributed by atoms with E-state index in [0.717, 1.165) is 38.4 Å². The number of nitrogens with zero attached hydrogens (tertiary/aromatic N) is 3. The highest BCUT2D eigenvalue weighted by molar-refractivity contribution is 8.00. The van der Waals surface area contributed by atoms with Crippen LogP contribution >= 0.6 is 23.4 Å². The second kappa shape index (κ2) is 9.12. The molecule has 4 aromatic rings. The Balaban J connectivity index is 1.91. The number of carbonyl (C=O) groups excluding carboxylic acids is 1. The number of hydrogen-bond donors (Lipinski definition) is 0. The molecule has 0 radical (unpaired) electrons. The number of esters is 1. The van der Waals surface area contributed by atoms with Crippen molar-refractivity contribution < 1.29 is 9.53 Å². The van der Waals surface area contributed by atoms with Crippen LogP contribution in [0.2, 0.25) is 5.02 Å². The van der Waals surface area contributed by atoms with Gasteiger partial charge < -0.3 is 9.30 Å². The first-order valence-electron chi connectivity index (χ1n) is 10.0. The van der Waals surface area contributed by atoms with E-state index in [0.29, 0.717) is 11.6 Å². The molecule has 0 saturated heterocycles. The second-order valence-corrected chi connectivity index (χ2v) is 8.84. The molecule has 1 atom stereocenters. The minimum absolute atomic E-state index is 0.259. The van der Waals surface area contributed by atoms with Crippen molar-refractivity contribution in [2.75, 3.05) is 6.61 Å². The van der Waals surface area contributed by atoms with E-state index in [1.54, 1.807) is 6.92 Å². The fraction of sp³-hybridized carbons (Fsp3) is 0.208. The minimum atomic E-state index is -0.390. The molecule has 0 spiro atoms. The summed E-state index contributed by atoms with van der Waals surface area (Å²) in [5.41, 5.74) is 4.72. The van der Waals surface area contributed by atoms with Gasteiger partial charge in [-0.25, -0.2) is 9.97 Å². The third-order valence-corrected chi connectivity index (χ3v) is 6.46. The largest absolute Gasteiger partial charge is 0.465 e. The molecule has 4 rings (SSSR count). The number of aryl methyl sites for hydroxylation is 1. The van der Waals surface area contributed by atoms with Crippen molar-refractivity contribution in [1.29, 1.82) is 0 Å². The summed E-state index contributed by atoms with van der Waals surface area (Å²) in [4.78, 5) is 21.3. The second-order valence-electron chi connectivity index (χ2n) is 7.10. The van der Waals surface area contributed by atoms with Crippen molar-refractivity contribution in [3.05, 3.63) is 71.6 Å². The van der Waals surface area contributed by atoms with E-state index in [1.807, 2.05) is 54.8 Å². The van der Waals surface area contributed by atoms with Gasteiger partial charge in [0.05, 0.1) is 12.0 Å². The van der Waals surface area contributed by atoms with E-state index in [1.165, 1.54) is 18.1 Å². The number of carbonyl (C=O) groups is 1. The van der Waals surface area contributed by atoms with Crippen LogP contribution in [0.15, 0.2) is 66.1 Å². The van der Waals surface area contributed by atoms with Crippen LogP contribution in [0.4, 0.5) is 0 Å². The molecule has 2 heterocycles. The fourth-order valence-electron chi connectivity index (χ4n) is 3.36. The van der Waals surface area contributed by atoms with Crippen molar-refractivity contribution >= 4 is 40.4 Å². The van der Waals surface area contributed by atoms with Gasteiger partial charge in [-0.15, -0.1) is 0 Å². The Labute approximate surface area is 190 Å². The molecule has 0 amide bonds. The van der Waals surface area contributed by atoms with Gasteiger partial charge in [-0.05, 0) is 44.0 Å². The highest BCUT2D eigenvalue weighted by atomic mass is 35.5. The average molecular weight is 452 g/mol. The summed E-state index contributed by atoms with van der Waals surface area (Å²) in [6, 6.07) is 16.0. The van der Waals surface area contributed by atoms with Crippen LogP contribution in [0.1, 0.15) is 19.4 Å². The van der Waals surface area contributed by atoms with Crippen molar-refractivity contribution in [2.24, 2.45) is 0 Å². The van der Waals surface area contributed by atoms with Gasteiger partial charge in [-0.2, -0.15) is 0 Å². The van der Waals surface area contributed by atoms with Gasteiger partial charge in [-0.1, -0.05) is 59.8 Å². The number of halogens is 1. The number of rotatable bonds is 6. The van der Waals surface area contributed by atoms with Crippen molar-refractivity contribution in [2.45, 2.75) is 31.0 Å². The first kappa shape index (κ1) is 21.4. The van der Waals surface area contributed by atoms with Gasteiger partial charge in [-0.3, -0.25) is 4.79 Å². The van der Waals surface area contributed by atoms with Crippen LogP contribution in [0, 0.1) is 6.92 Å². The molecule has 1 unspecified atom stereocenters. The lowest BCUT2D eigenvalue weighted by atomic mass is 10.1. The van der Waals surface area contributed by atoms with E-state index in [4.69, 9.17) is 16.3 Å². The Morgan fingerprint density at radius 2 is 1.97 bits per heavy atom. The lowest BCUT2D eigenvalue weighted by Gasteiger charge is -2.11. The number of benzene rings is 2. The molecule has 0 aliphatic carbocycles. The molecule has 0 bridgehead atoms. The highest BCUT2D eigenvalue weighted by Gasteiger charge is 2.22. The van der Waals surface area contributed by atoms with Crippen molar-refractivity contribution in [1.82, 2.24) is 14.5 Å². The van der Waals surface area contributed by atoms with Gasteiger partial charge in [0.2, 0.25) is 0 Å². The Bertz CT molecular complexity index is 1240. The van der Waals surface area contributed by atoms with Gasteiger partial charge in [0.25, 0.3) is 0 Å². The van der Waals surface area contributed by atoms with Crippen LogP contribution in [-0.2, 0) is 9.53 Å². The molecule has 5 nitrogen and oxygen atoms in total. The monoisotopic (exact) mass is 451 g/mol. The van der Waals surface area contributed by atoms with Crippen LogP contribution in [-0.4, -0.2) is 32.4 Å². The molecular formula is C24H22ClN3O2S. The van der Waals surface area contributed by atoms with E-state index < -0.39 is 0 Å². The molecule has 0 aliphatic rings. The number of aromatic nitrogens is 3. The zero-order valence-electron chi connectivity index (χ0n) is 17.5. The Hall–Kier alpha value is -2.83. The SMILES string of the molecule is CCOC(=O)C(C)Sc1ncnc2c1c(-c1ccccc1)cn2-c1ccc(C)c(Cl)c1. The normalized spacial score (nSPS) is 12.1. The third-order valence-electron chi connectivity index (χ3n) is 4.97. The lowest BCUT2D eigenvalue weighted by Crippen LogP contribution is -2.16. The highest BCUT2D eigenvalue weighted by Crippen LogP contribution is 2.38. The molecule has 158 valence electrons. The molecule has 0 saturated carbocycles. The van der Waals surface area contributed by atoms with E-state index in [2.05, 4.69) is 28.3 Å². The molecule has 0 aliphatic heterocycles. The fourth-order valence-corrected chi connectivity index (χ4v) is 4.46. The van der Waals surface area contributed by atoms with Crippen LogP contribution in [0.5, 0.6) is 0 Å². The molecule has 2 aromatic carbocycles. The summed E-state index contributed by atoms with van der Waals surface area (Å²) in [5.74, 6) is -0.259. The summed E-state index contributed by atoms with van der Waals surface area (Å²) in [6.45, 7) is 5.96. The van der Waals surface area contributed by atoms with Gasteiger partial charge in [0.15, 0.2) is 0 Å². The first-order valence-corrected chi connectivity index (χ1v) is 11.3. The van der Waals surface area contributed by atoms with E-state index in [9.17, 15) is 4.79 Å². The standard InChI is InChI=1S/C24H22ClN3O2S/c1-4-30-24(29)16(3)31-23-21-19(17-8-6-5-7-9-17)13-28(22(21)26-14-27-23)18-11-10-15(2)20(25)12-18/h5-14,16H,4H2,1-3H3. The smallest absolute Gasteiger partial charge is 0.319 e. The van der Waals surface area contributed by atoms with Gasteiger partial charge in [0.1, 0.15) is 22.3 Å². The Morgan fingerprint density at radius 3 is 2.68 bits per heavy atom. The van der Waals surface area contributed by atoms with Gasteiger partial charge in [0, 0.05) is 22.5 Å². The summed E-state index contributed by atoms with van der Waals surface area (Å²) >= 11 is 7.78. The first-order chi connectivity index (χ1) is 15.0. The quantitative estimate of drug-likeness (QED) is 0.201. The molecule has 0 N–H and O–H groups in total. The molecule has 7 heteroatoms. The van der Waals surface area contributed by atoms with E-state index >= 15 is 0 Å². The zero-order chi connectivity index (χ0) is 22.0. The third kappa shape index (κ3) is 4.31. The summed E-state index contributed by atoms with van der Waals surface area (Å²) in [6.07, 6.45) is 3.58. The molecular weight excluding hydrogens is 430 g/mol. The minimum Gasteiger partial charge on any atom is -0.465 e. The lowest BCUT2D eigenvalue weighted by molar-refractivity contribution is -0.142. The van der Waals surface area contributed by atoms with Crippen LogP contribution in [0.3, 0.4) is 0 Å².